The van der Waals surface area contributed by atoms with Gasteiger partial charge < -0.3 is 15.2 Å². The van der Waals surface area contributed by atoms with E-state index in [4.69, 9.17) is 9.84 Å². The largest absolute Gasteiger partial charge is 0.478 e. The lowest BCUT2D eigenvalue weighted by atomic mass is 10.0. The molecular weight excluding hydrogens is 344 g/mol. The van der Waals surface area contributed by atoms with Crippen LogP contribution >= 0.6 is 11.3 Å². The molecule has 1 aliphatic rings. The first-order chi connectivity index (χ1) is 12.1. The highest BCUT2D eigenvalue weighted by Crippen LogP contribution is 2.30. The average Bonchev–Trinajstić information content (AvgIpc) is 3.09. The van der Waals surface area contributed by atoms with Gasteiger partial charge in [0.25, 0.3) is 0 Å². The quantitative estimate of drug-likeness (QED) is 0.753. The number of ether oxygens (including phenoxy) is 1. The maximum Gasteiger partial charge on any atom is 0.335 e. The summed E-state index contributed by atoms with van der Waals surface area (Å²) >= 11 is 1.37. The number of carbonyl (C=O) groups is 2. The predicted molar refractivity (Wildman–Crippen MR) is 92.0 cm³/mol. The summed E-state index contributed by atoms with van der Waals surface area (Å²) in [7, 11) is 0. The summed E-state index contributed by atoms with van der Waals surface area (Å²) in [6.07, 6.45) is 1.83. The van der Waals surface area contributed by atoms with Gasteiger partial charge in [-0.05, 0) is 30.5 Å². The maximum atomic E-state index is 12.0. The second-order valence-electron chi connectivity index (χ2n) is 5.65. The molecule has 0 bridgehead atoms. The minimum Gasteiger partial charge on any atom is -0.478 e. The molecule has 0 aliphatic carbocycles. The van der Waals surface area contributed by atoms with Crippen molar-refractivity contribution in [1.82, 2.24) is 15.5 Å². The second kappa shape index (κ2) is 8.04. The molecule has 1 saturated heterocycles. The van der Waals surface area contributed by atoms with Gasteiger partial charge in [0.1, 0.15) is 5.01 Å². The van der Waals surface area contributed by atoms with E-state index in [2.05, 4.69) is 20.8 Å². The number of aromatic carboxylic acids is 1. The van der Waals surface area contributed by atoms with Crippen LogP contribution in [0.25, 0.3) is 0 Å². The van der Waals surface area contributed by atoms with Gasteiger partial charge in [0.05, 0.1) is 5.56 Å². The lowest BCUT2D eigenvalue weighted by Gasteiger charge is -2.18. The Morgan fingerprint density at radius 2 is 2.08 bits per heavy atom. The molecule has 9 heteroatoms. The van der Waals surface area contributed by atoms with Crippen LogP contribution in [0.15, 0.2) is 24.3 Å². The molecule has 1 aliphatic heterocycles. The van der Waals surface area contributed by atoms with Gasteiger partial charge in [0, 0.05) is 25.7 Å². The van der Waals surface area contributed by atoms with Gasteiger partial charge in [-0.25, -0.2) is 9.59 Å². The maximum absolute atomic E-state index is 12.0. The Hall–Kier alpha value is -2.52. The topological polar surface area (TPSA) is 113 Å². The van der Waals surface area contributed by atoms with Gasteiger partial charge in [-0.1, -0.05) is 23.5 Å². The van der Waals surface area contributed by atoms with Crippen LogP contribution in [0.1, 0.15) is 39.7 Å². The predicted octanol–water partition coefficient (Wildman–Crippen LogP) is 2.45. The van der Waals surface area contributed by atoms with E-state index < -0.39 is 12.0 Å². The van der Waals surface area contributed by atoms with Crippen LogP contribution in [0.3, 0.4) is 0 Å². The van der Waals surface area contributed by atoms with E-state index in [1.54, 1.807) is 12.1 Å². The lowest BCUT2D eigenvalue weighted by molar-refractivity contribution is 0.0696. The summed E-state index contributed by atoms with van der Waals surface area (Å²) in [5.74, 6) is -0.663. The Bertz CT molecular complexity index is 758. The van der Waals surface area contributed by atoms with Gasteiger partial charge in [-0.15, -0.1) is 10.2 Å². The minimum absolute atomic E-state index is 0.185. The molecule has 2 aromatic rings. The van der Waals surface area contributed by atoms with E-state index in [0.29, 0.717) is 16.6 Å². The average molecular weight is 362 g/mol. The van der Waals surface area contributed by atoms with Crippen molar-refractivity contribution in [2.45, 2.75) is 25.3 Å². The Balaban J connectivity index is 1.52. The fourth-order valence-electron chi connectivity index (χ4n) is 2.53. The molecule has 0 radical (unpaired) electrons. The fourth-order valence-corrected chi connectivity index (χ4v) is 3.44. The fraction of sp³-hybridized carbons (Fsp3) is 0.375. The van der Waals surface area contributed by atoms with E-state index in [1.165, 1.54) is 23.5 Å². The van der Waals surface area contributed by atoms with Crippen LogP contribution in [-0.4, -0.2) is 40.5 Å². The number of anilines is 1. The molecule has 25 heavy (non-hydrogen) atoms. The van der Waals surface area contributed by atoms with Crippen molar-refractivity contribution in [3.8, 4) is 0 Å². The molecule has 1 aromatic carbocycles. The van der Waals surface area contributed by atoms with Crippen LogP contribution < -0.4 is 10.6 Å². The Morgan fingerprint density at radius 3 is 2.84 bits per heavy atom. The van der Waals surface area contributed by atoms with Crippen LogP contribution in [0.2, 0.25) is 0 Å². The number of urea groups is 1. The molecule has 8 nitrogen and oxygen atoms in total. The SMILES string of the molecule is O=C(NCc1cccc(C(=O)O)c1)Nc1nnc(C2CCOCC2)s1. The number of carboxylic acids is 1. The minimum atomic E-state index is -0.999. The third kappa shape index (κ3) is 4.74. The number of amides is 2. The number of rotatable bonds is 5. The van der Waals surface area contributed by atoms with Crippen molar-refractivity contribution in [3.63, 3.8) is 0 Å². The second-order valence-corrected chi connectivity index (χ2v) is 6.65. The summed E-state index contributed by atoms with van der Waals surface area (Å²) in [6.45, 7) is 1.67. The first-order valence-electron chi connectivity index (χ1n) is 7.90. The van der Waals surface area contributed by atoms with Crippen molar-refractivity contribution < 1.29 is 19.4 Å². The van der Waals surface area contributed by atoms with Crippen molar-refractivity contribution in [2.24, 2.45) is 0 Å². The van der Waals surface area contributed by atoms with Crippen LogP contribution in [-0.2, 0) is 11.3 Å². The molecule has 3 rings (SSSR count). The summed E-state index contributed by atoms with van der Waals surface area (Å²) in [5.41, 5.74) is 0.889. The number of benzene rings is 1. The highest BCUT2D eigenvalue weighted by atomic mass is 32.1. The third-order valence-corrected chi connectivity index (χ3v) is 4.86. The van der Waals surface area contributed by atoms with E-state index >= 15 is 0 Å². The van der Waals surface area contributed by atoms with Crippen molar-refractivity contribution in [3.05, 3.63) is 40.4 Å². The standard InChI is InChI=1S/C16H18N4O4S/c21-14(22)12-3-1-2-10(8-12)9-17-15(23)18-16-20-19-13(25-16)11-4-6-24-7-5-11/h1-3,8,11H,4-7,9H2,(H,21,22)(H2,17,18,20,23). The summed E-state index contributed by atoms with van der Waals surface area (Å²) < 4.78 is 5.33. The Labute approximate surface area is 148 Å². The first kappa shape index (κ1) is 17.3. The molecule has 0 spiro atoms. The number of nitrogens with zero attached hydrogens (tertiary/aromatic N) is 2. The molecule has 1 fully saturated rings. The number of hydrogen-bond donors (Lipinski definition) is 3. The van der Waals surface area contributed by atoms with E-state index in [0.717, 1.165) is 31.1 Å². The number of aromatic nitrogens is 2. The van der Waals surface area contributed by atoms with Gasteiger partial charge in [0.15, 0.2) is 0 Å². The number of carboxylic acid groups (broad SMARTS) is 1. The number of hydrogen-bond acceptors (Lipinski definition) is 6. The molecular formula is C16H18N4O4S. The zero-order valence-corrected chi connectivity index (χ0v) is 14.2. The smallest absolute Gasteiger partial charge is 0.335 e. The molecule has 0 atom stereocenters. The van der Waals surface area contributed by atoms with Crippen molar-refractivity contribution in [1.29, 1.82) is 0 Å². The van der Waals surface area contributed by atoms with E-state index in [9.17, 15) is 9.59 Å². The van der Waals surface area contributed by atoms with Crippen LogP contribution in [0, 0.1) is 0 Å². The molecule has 0 unspecified atom stereocenters. The van der Waals surface area contributed by atoms with Gasteiger partial charge in [0.2, 0.25) is 5.13 Å². The Morgan fingerprint density at radius 1 is 1.28 bits per heavy atom. The lowest BCUT2D eigenvalue weighted by Crippen LogP contribution is -2.28. The number of carbonyl (C=O) groups excluding carboxylic acids is 1. The summed E-state index contributed by atoms with van der Waals surface area (Å²) in [4.78, 5) is 22.9. The molecule has 1 aromatic heterocycles. The van der Waals surface area contributed by atoms with Gasteiger partial charge in [-0.2, -0.15) is 0 Å². The monoisotopic (exact) mass is 362 g/mol. The first-order valence-corrected chi connectivity index (χ1v) is 8.71. The molecule has 2 heterocycles. The van der Waals surface area contributed by atoms with Crippen molar-refractivity contribution in [2.75, 3.05) is 18.5 Å². The Kier molecular flexibility index (Phi) is 5.56. The third-order valence-electron chi connectivity index (χ3n) is 3.86. The summed E-state index contributed by atoms with van der Waals surface area (Å²) in [5, 5.41) is 23.8. The molecule has 132 valence electrons. The molecule has 2 amide bonds. The van der Waals surface area contributed by atoms with Gasteiger partial charge >= 0.3 is 12.0 Å². The molecule has 3 N–H and O–H groups in total. The van der Waals surface area contributed by atoms with E-state index in [1.807, 2.05) is 0 Å². The number of nitrogens with one attached hydrogen (secondary N) is 2. The highest BCUT2D eigenvalue weighted by Gasteiger charge is 2.20. The van der Waals surface area contributed by atoms with E-state index in [-0.39, 0.29) is 12.1 Å². The van der Waals surface area contributed by atoms with Gasteiger partial charge in [-0.3, -0.25) is 5.32 Å². The zero-order chi connectivity index (χ0) is 17.6. The van der Waals surface area contributed by atoms with Crippen LogP contribution in [0.4, 0.5) is 9.93 Å². The molecule has 0 saturated carbocycles. The van der Waals surface area contributed by atoms with Crippen molar-refractivity contribution >= 4 is 28.5 Å². The normalized spacial score (nSPS) is 14.9. The van der Waals surface area contributed by atoms with Crippen LogP contribution in [0.5, 0.6) is 0 Å². The highest BCUT2D eigenvalue weighted by molar-refractivity contribution is 7.15. The zero-order valence-electron chi connectivity index (χ0n) is 13.4. The summed E-state index contributed by atoms with van der Waals surface area (Å²) in [6, 6.07) is 6.02.